The Morgan fingerprint density at radius 1 is 1.23 bits per heavy atom. The first kappa shape index (κ1) is 23.2. The van der Waals surface area contributed by atoms with Gasteiger partial charge in [-0.05, 0) is 63.1 Å². The van der Waals surface area contributed by atoms with Crippen molar-refractivity contribution in [3.05, 3.63) is 35.1 Å². The Bertz CT molecular complexity index is 865. The van der Waals surface area contributed by atoms with Crippen LogP contribution in [0, 0.1) is 30.0 Å². The van der Waals surface area contributed by atoms with E-state index in [1.54, 1.807) is 35.9 Å². The zero-order valence-corrected chi connectivity index (χ0v) is 19.0. The molecule has 1 aromatic rings. The van der Waals surface area contributed by atoms with Crippen LogP contribution in [0.4, 0.5) is 4.39 Å². The van der Waals surface area contributed by atoms with Crippen LogP contribution in [0.3, 0.4) is 0 Å². The Hall–Kier alpha value is -2.46. The zero-order valence-electron chi connectivity index (χ0n) is 19.0. The number of aryl methyl sites for hydroxylation is 1. The normalized spacial score (nSPS) is 25.5. The Morgan fingerprint density at radius 3 is 2.39 bits per heavy atom. The van der Waals surface area contributed by atoms with Gasteiger partial charge in [0, 0.05) is 38.8 Å². The van der Waals surface area contributed by atoms with E-state index in [9.17, 15) is 19.2 Å². The molecule has 0 N–H and O–H groups in total. The van der Waals surface area contributed by atoms with E-state index in [-0.39, 0.29) is 23.7 Å². The molecule has 2 amide bonds. The Morgan fingerprint density at radius 2 is 1.84 bits per heavy atom. The largest absolute Gasteiger partial charge is 0.336 e. The van der Waals surface area contributed by atoms with Crippen LogP contribution in [0.15, 0.2) is 18.2 Å². The lowest BCUT2D eigenvalue weighted by Crippen LogP contribution is -2.59. The molecule has 1 unspecified atom stereocenters. The van der Waals surface area contributed by atoms with Gasteiger partial charge in [-0.15, -0.1) is 0 Å². The fourth-order valence-electron chi connectivity index (χ4n) is 4.63. The van der Waals surface area contributed by atoms with Crippen molar-refractivity contribution in [2.45, 2.75) is 58.0 Å². The van der Waals surface area contributed by atoms with Crippen molar-refractivity contribution in [3.63, 3.8) is 0 Å². The van der Waals surface area contributed by atoms with Gasteiger partial charge in [-0.2, -0.15) is 5.26 Å². The average molecular weight is 429 g/mol. The van der Waals surface area contributed by atoms with E-state index in [0.717, 1.165) is 25.7 Å². The molecule has 168 valence electrons. The van der Waals surface area contributed by atoms with Gasteiger partial charge in [-0.1, -0.05) is 13.0 Å². The second kappa shape index (κ2) is 9.35. The summed E-state index contributed by atoms with van der Waals surface area (Å²) in [5, 5.41) is 9.85. The number of carbonyl (C=O) groups excluding carboxylic acids is 2. The number of halogens is 1. The molecular weight excluding hydrogens is 395 g/mol. The first-order valence-electron chi connectivity index (χ1n) is 11.2. The van der Waals surface area contributed by atoms with Crippen LogP contribution in [0.2, 0.25) is 0 Å². The van der Waals surface area contributed by atoms with Gasteiger partial charge in [-0.3, -0.25) is 14.5 Å². The van der Waals surface area contributed by atoms with Gasteiger partial charge in [0.25, 0.3) is 5.91 Å². The molecule has 31 heavy (non-hydrogen) atoms. The summed E-state index contributed by atoms with van der Waals surface area (Å²) in [5.41, 5.74) is 0.147. The van der Waals surface area contributed by atoms with Crippen molar-refractivity contribution in [1.29, 1.82) is 5.26 Å². The monoisotopic (exact) mass is 428 g/mol. The third-order valence-corrected chi connectivity index (χ3v) is 7.21. The van der Waals surface area contributed by atoms with E-state index in [1.165, 1.54) is 6.07 Å². The lowest BCUT2D eigenvalue weighted by molar-refractivity contribution is -0.141. The minimum Gasteiger partial charge on any atom is -0.336 e. The Kier molecular flexibility index (Phi) is 7.00. The third kappa shape index (κ3) is 4.74. The molecule has 2 aliphatic rings. The van der Waals surface area contributed by atoms with Crippen molar-refractivity contribution in [1.82, 2.24) is 14.7 Å². The van der Waals surface area contributed by atoms with E-state index in [2.05, 4.69) is 17.9 Å². The number of hydrogen-bond donors (Lipinski definition) is 0. The van der Waals surface area contributed by atoms with Crippen molar-refractivity contribution >= 4 is 11.8 Å². The summed E-state index contributed by atoms with van der Waals surface area (Å²) in [6.07, 6.45) is 3.35. The summed E-state index contributed by atoms with van der Waals surface area (Å²) in [5.74, 6) is -0.0174. The van der Waals surface area contributed by atoms with Crippen molar-refractivity contribution in [2.24, 2.45) is 5.92 Å². The van der Waals surface area contributed by atoms with E-state index >= 15 is 0 Å². The molecule has 1 aliphatic heterocycles. The number of benzene rings is 1. The fraction of sp³-hybridized carbons (Fsp3) is 0.625. The van der Waals surface area contributed by atoms with E-state index < -0.39 is 5.54 Å². The predicted octanol–water partition coefficient (Wildman–Crippen LogP) is 3.21. The summed E-state index contributed by atoms with van der Waals surface area (Å²) >= 11 is 0. The third-order valence-electron chi connectivity index (χ3n) is 7.21. The lowest BCUT2D eigenvalue weighted by Gasteiger charge is -2.44. The minimum atomic E-state index is -0.717. The van der Waals surface area contributed by atoms with Gasteiger partial charge < -0.3 is 9.80 Å². The van der Waals surface area contributed by atoms with Gasteiger partial charge in [-0.25, -0.2) is 4.39 Å². The quantitative estimate of drug-likeness (QED) is 0.739. The molecule has 3 rings (SSSR count). The number of carbonyl (C=O) groups is 2. The van der Waals surface area contributed by atoms with Crippen LogP contribution in [0.25, 0.3) is 0 Å². The highest BCUT2D eigenvalue weighted by atomic mass is 19.1. The number of hydrogen-bond acceptors (Lipinski definition) is 4. The molecule has 1 aliphatic carbocycles. The molecule has 0 bridgehead atoms. The molecule has 2 fully saturated rings. The lowest BCUT2D eigenvalue weighted by atomic mass is 9.77. The molecule has 1 saturated heterocycles. The van der Waals surface area contributed by atoms with Crippen molar-refractivity contribution < 1.29 is 14.0 Å². The average Bonchev–Trinajstić information content (AvgIpc) is 2.80. The molecule has 7 heteroatoms. The highest BCUT2D eigenvalue weighted by Crippen LogP contribution is 2.36. The maximum atomic E-state index is 13.8. The van der Waals surface area contributed by atoms with Crippen LogP contribution in [-0.2, 0) is 4.79 Å². The Labute approximate surface area is 184 Å². The second-order valence-electron chi connectivity index (χ2n) is 9.19. The molecule has 1 heterocycles. The number of rotatable bonds is 4. The summed E-state index contributed by atoms with van der Waals surface area (Å²) in [4.78, 5) is 31.4. The van der Waals surface area contributed by atoms with Crippen molar-refractivity contribution in [3.8, 4) is 6.07 Å². The van der Waals surface area contributed by atoms with Gasteiger partial charge in [0.2, 0.25) is 5.91 Å². The van der Waals surface area contributed by atoms with E-state index in [4.69, 9.17) is 0 Å². The maximum absolute atomic E-state index is 13.8. The van der Waals surface area contributed by atoms with Crippen LogP contribution in [0.5, 0.6) is 0 Å². The number of likely N-dealkylation sites (N-methyl/N-ethyl adjacent to an activating group) is 1. The van der Waals surface area contributed by atoms with E-state index in [1.807, 2.05) is 6.92 Å². The summed E-state index contributed by atoms with van der Waals surface area (Å²) in [6, 6.07) is 6.63. The van der Waals surface area contributed by atoms with Gasteiger partial charge in [0.15, 0.2) is 0 Å². The first-order chi connectivity index (χ1) is 14.7. The van der Waals surface area contributed by atoms with Crippen LogP contribution in [-0.4, -0.2) is 71.3 Å². The maximum Gasteiger partial charge on any atom is 0.254 e. The molecule has 6 nitrogen and oxygen atoms in total. The number of nitriles is 1. The first-order valence-corrected chi connectivity index (χ1v) is 11.2. The molecule has 0 spiro atoms. The van der Waals surface area contributed by atoms with Gasteiger partial charge in [0.1, 0.15) is 11.4 Å². The second-order valence-corrected chi connectivity index (χ2v) is 9.19. The fourth-order valence-corrected chi connectivity index (χ4v) is 4.63. The van der Waals surface area contributed by atoms with Crippen LogP contribution < -0.4 is 0 Å². The SMILES string of the molecule is Cc1ccc(C(=O)N2CCN(C(C)C(=O)N(C)C3(C#N)CCC(C)CC3)CC2)cc1F. The van der Waals surface area contributed by atoms with Gasteiger partial charge >= 0.3 is 0 Å². The highest BCUT2D eigenvalue weighted by Gasteiger charge is 2.42. The molecule has 1 aromatic carbocycles. The van der Waals surface area contributed by atoms with E-state index in [0.29, 0.717) is 43.2 Å². The number of amides is 2. The summed E-state index contributed by atoms with van der Waals surface area (Å²) in [7, 11) is 1.75. The highest BCUT2D eigenvalue weighted by molar-refractivity contribution is 5.94. The zero-order chi connectivity index (χ0) is 22.8. The minimum absolute atomic E-state index is 0.0449. The number of nitrogens with zero attached hydrogens (tertiary/aromatic N) is 4. The predicted molar refractivity (Wildman–Crippen MR) is 117 cm³/mol. The van der Waals surface area contributed by atoms with Gasteiger partial charge in [0.05, 0.1) is 12.1 Å². The topological polar surface area (TPSA) is 67.7 Å². The summed E-state index contributed by atoms with van der Waals surface area (Å²) < 4.78 is 13.8. The van der Waals surface area contributed by atoms with Crippen LogP contribution >= 0.6 is 0 Å². The smallest absolute Gasteiger partial charge is 0.254 e. The summed E-state index contributed by atoms with van der Waals surface area (Å²) in [6.45, 7) is 7.84. The van der Waals surface area contributed by atoms with Crippen molar-refractivity contribution in [2.75, 3.05) is 33.2 Å². The Balaban J connectivity index is 1.59. The molecule has 0 radical (unpaired) electrons. The molecule has 1 saturated carbocycles. The standard InChI is InChI=1S/C24H33FN4O2/c1-17-7-9-24(16-26,10-8-17)27(4)22(30)19(3)28-11-13-29(14-12-28)23(31)20-6-5-18(2)21(25)15-20/h5-6,15,17,19H,7-14H2,1-4H3. The van der Waals surface area contributed by atoms with Crippen LogP contribution in [0.1, 0.15) is 55.5 Å². The number of piperazine rings is 1. The molecule has 0 aromatic heterocycles. The molecule has 1 atom stereocenters. The molecular formula is C24H33FN4O2.